The predicted molar refractivity (Wildman–Crippen MR) is 418 cm³/mol. The van der Waals surface area contributed by atoms with E-state index in [1.54, 1.807) is 0 Å². The molecule has 0 aromatic rings. The fraction of sp³-hybridized carbons (Fsp3) is 0.952. The van der Waals surface area contributed by atoms with E-state index in [0.29, 0.717) is 25.7 Å². The minimum atomic E-state index is -4.96. The molecule has 0 aliphatic heterocycles. The minimum absolute atomic E-state index is 0.106. The van der Waals surface area contributed by atoms with Gasteiger partial charge in [-0.25, -0.2) is 9.13 Å². The Morgan fingerprint density at radius 2 is 0.500 bits per heavy atom. The van der Waals surface area contributed by atoms with E-state index in [1.165, 1.54) is 244 Å². The highest BCUT2D eigenvalue weighted by Crippen LogP contribution is 2.45. The quantitative estimate of drug-likeness (QED) is 0.0222. The number of aliphatic hydroxyl groups excluding tert-OH is 1. The molecule has 0 amide bonds. The summed E-state index contributed by atoms with van der Waals surface area (Å²) < 4.78 is 68.8. The maximum Gasteiger partial charge on any atom is 0.472 e. The summed E-state index contributed by atoms with van der Waals surface area (Å²) in [5.74, 6) is 0.233. The van der Waals surface area contributed by atoms with Gasteiger partial charge < -0.3 is 33.8 Å². The lowest BCUT2D eigenvalue weighted by atomic mass is 9.99. The molecule has 3 unspecified atom stereocenters. The van der Waals surface area contributed by atoms with E-state index in [4.69, 9.17) is 37.0 Å². The summed E-state index contributed by atoms with van der Waals surface area (Å²) >= 11 is 0. The van der Waals surface area contributed by atoms with Crippen molar-refractivity contribution in [2.75, 3.05) is 39.6 Å². The molecule has 0 aromatic heterocycles. The summed E-state index contributed by atoms with van der Waals surface area (Å²) in [5, 5.41) is 10.7. The molecule has 102 heavy (non-hydrogen) atoms. The number of phosphoric acid groups is 2. The maximum atomic E-state index is 13.1. The molecule has 0 heterocycles. The zero-order valence-electron chi connectivity index (χ0n) is 67.1. The largest absolute Gasteiger partial charge is 0.472 e. The second-order valence-electron chi connectivity index (χ2n) is 31.1. The standard InChI is InChI=1S/C83H162O17P2/c1-8-10-11-12-13-14-15-16-17-18-19-20-21-26-31-36-45-52-59-66-82(87)99-78(70-93-80(85)64-57-50-43-35-30-25-23-22-24-29-34-42-49-56-63-76(7)9-2)72-97-101(89,90)95-68-77(84)69-96-102(91,92)98-73-79(71-94-81(86)65-58-51-44-39-38-41-48-55-62-75(5)6)100-83(88)67-60-53-46-37-32-27-28-33-40-47-54-61-74(3)4/h74-79,84H,8-73H2,1-7H3,(H,89,90)(H,91,92)/t76?,77-,78-,79-/m1/s1. The maximum absolute atomic E-state index is 13.1. The van der Waals surface area contributed by atoms with Crippen molar-refractivity contribution in [3.63, 3.8) is 0 Å². The number of hydrogen-bond acceptors (Lipinski definition) is 15. The van der Waals surface area contributed by atoms with E-state index >= 15 is 0 Å². The first kappa shape index (κ1) is 100. The topological polar surface area (TPSA) is 237 Å². The Morgan fingerprint density at radius 1 is 0.284 bits per heavy atom. The van der Waals surface area contributed by atoms with Crippen LogP contribution in [0.1, 0.15) is 434 Å². The molecule has 606 valence electrons. The zero-order valence-corrected chi connectivity index (χ0v) is 68.9. The fourth-order valence-electron chi connectivity index (χ4n) is 12.8. The first-order valence-corrected chi connectivity index (χ1v) is 45.9. The first-order valence-electron chi connectivity index (χ1n) is 42.9. The molecule has 0 aliphatic carbocycles. The number of carbonyl (C=O) groups is 4. The molecular weight excluding hydrogens is 1330 g/mol. The number of esters is 4. The van der Waals surface area contributed by atoms with Gasteiger partial charge in [-0.2, -0.15) is 0 Å². The van der Waals surface area contributed by atoms with E-state index in [1.807, 2.05) is 0 Å². The number of unbranched alkanes of at least 4 members (excludes halogenated alkanes) is 48. The smallest absolute Gasteiger partial charge is 0.462 e. The third-order valence-corrected chi connectivity index (χ3v) is 21.6. The highest BCUT2D eigenvalue weighted by molar-refractivity contribution is 7.47. The van der Waals surface area contributed by atoms with Gasteiger partial charge in [0.2, 0.25) is 0 Å². The lowest BCUT2D eigenvalue weighted by Gasteiger charge is -2.21. The SMILES string of the molecule is CCCCCCCCCCCCCCCCCCCCCC(=O)O[C@H](COC(=O)CCCCCCCCCCCCCCCCC(C)CC)COP(=O)(O)OC[C@@H](O)COP(=O)(O)OC[C@@H](COC(=O)CCCCCCCCCCC(C)C)OC(=O)CCCCCCCCCCCCCC(C)C. The number of phosphoric ester groups is 2. The summed E-state index contributed by atoms with van der Waals surface area (Å²) in [4.78, 5) is 73.1. The Hall–Kier alpha value is -1.94. The normalized spacial score (nSPS) is 14.2. The van der Waals surface area contributed by atoms with Gasteiger partial charge in [0.15, 0.2) is 12.2 Å². The summed E-state index contributed by atoms with van der Waals surface area (Å²) in [7, 11) is -9.92. The Bertz CT molecular complexity index is 1980. The van der Waals surface area contributed by atoms with Crippen LogP contribution in [0.4, 0.5) is 0 Å². The monoisotopic (exact) mass is 1490 g/mol. The first-order chi connectivity index (χ1) is 49.3. The Morgan fingerprint density at radius 3 is 0.745 bits per heavy atom. The Balaban J connectivity index is 5.25. The molecule has 0 radical (unpaired) electrons. The van der Waals surface area contributed by atoms with Gasteiger partial charge >= 0.3 is 39.5 Å². The summed E-state index contributed by atoms with van der Waals surface area (Å²) in [5.41, 5.74) is 0. The predicted octanol–water partition coefficient (Wildman–Crippen LogP) is 24.9. The van der Waals surface area contributed by atoms with Crippen LogP contribution >= 0.6 is 15.6 Å². The van der Waals surface area contributed by atoms with Crippen LogP contribution in [-0.2, 0) is 65.4 Å². The van der Waals surface area contributed by atoms with Crippen LogP contribution in [0.5, 0.6) is 0 Å². The third-order valence-electron chi connectivity index (χ3n) is 19.7. The third kappa shape index (κ3) is 74.9. The van der Waals surface area contributed by atoms with Gasteiger partial charge in [0.25, 0.3) is 0 Å². The van der Waals surface area contributed by atoms with Crippen LogP contribution in [0.2, 0.25) is 0 Å². The van der Waals surface area contributed by atoms with Gasteiger partial charge in [-0.1, -0.05) is 382 Å². The highest BCUT2D eigenvalue weighted by atomic mass is 31.2. The van der Waals surface area contributed by atoms with Crippen LogP contribution in [0, 0.1) is 17.8 Å². The van der Waals surface area contributed by atoms with Gasteiger partial charge in [0.1, 0.15) is 19.3 Å². The van der Waals surface area contributed by atoms with Crippen LogP contribution < -0.4 is 0 Å². The second kappa shape index (κ2) is 73.2. The number of ether oxygens (including phenoxy) is 4. The van der Waals surface area contributed by atoms with Crippen molar-refractivity contribution in [2.24, 2.45) is 17.8 Å². The van der Waals surface area contributed by atoms with Crippen molar-refractivity contribution in [2.45, 2.75) is 452 Å². The summed E-state index contributed by atoms with van der Waals surface area (Å²) in [6, 6.07) is 0. The molecule has 0 fully saturated rings. The Labute approximate surface area is 626 Å². The molecule has 0 rings (SSSR count). The van der Waals surface area contributed by atoms with Crippen molar-refractivity contribution in [3.05, 3.63) is 0 Å². The van der Waals surface area contributed by atoms with Gasteiger partial charge in [-0.15, -0.1) is 0 Å². The van der Waals surface area contributed by atoms with Crippen molar-refractivity contribution in [1.29, 1.82) is 0 Å². The second-order valence-corrected chi connectivity index (χ2v) is 34.0. The van der Waals surface area contributed by atoms with Gasteiger partial charge in [-0.05, 0) is 43.4 Å². The highest BCUT2D eigenvalue weighted by Gasteiger charge is 2.30. The average molecular weight is 1490 g/mol. The number of aliphatic hydroxyl groups is 1. The lowest BCUT2D eigenvalue weighted by molar-refractivity contribution is -0.161. The van der Waals surface area contributed by atoms with Crippen molar-refractivity contribution >= 4 is 39.5 Å². The van der Waals surface area contributed by atoms with Crippen molar-refractivity contribution < 1.29 is 80.2 Å². The van der Waals surface area contributed by atoms with Crippen LogP contribution in [0.3, 0.4) is 0 Å². The van der Waals surface area contributed by atoms with E-state index in [9.17, 15) is 43.2 Å². The summed E-state index contributed by atoms with van der Waals surface area (Å²) in [6.07, 6.45) is 62.4. The molecule has 17 nitrogen and oxygen atoms in total. The molecule has 6 atom stereocenters. The zero-order chi connectivity index (χ0) is 75.1. The fourth-order valence-corrected chi connectivity index (χ4v) is 14.4. The van der Waals surface area contributed by atoms with Crippen LogP contribution in [-0.4, -0.2) is 96.7 Å². The van der Waals surface area contributed by atoms with Crippen LogP contribution in [0.15, 0.2) is 0 Å². The molecule has 0 saturated heterocycles. The molecule has 0 aliphatic rings. The molecule has 0 aromatic carbocycles. The van der Waals surface area contributed by atoms with Crippen molar-refractivity contribution in [3.8, 4) is 0 Å². The number of hydrogen-bond donors (Lipinski definition) is 3. The molecular formula is C83H162O17P2. The van der Waals surface area contributed by atoms with Gasteiger partial charge in [0, 0.05) is 25.7 Å². The molecule has 0 saturated carbocycles. The number of rotatable bonds is 81. The Kier molecular flexibility index (Phi) is 71.8. The van der Waals surface area contributed by atoms with E-state index in [-0.39, 0.29) is 25.7 Å². The average Bonchev–Trinajstić information content (AvgIpc) is 0.914. The van der Waals surface area contributed by atoms with Gasteiger partial charge in [0.05, 0.1) is 26.4 Å². The lowest BCUT2D eigenvalue weighted by Crippen LogP contribution is -2.30. The van der Waals surface area contributed by atoms with Crippen LogP contribution in [0.25, 0.3) is 0 Å². The van der Waals surface area contributed by atoms with E-state index < -0.39 is 97.5 Å². The molecule has 19 heteroatoms. The molecule has 0 spiro atoms. The van der Waals surface area contributed by atoms with E-state index in [2.05, 4.69) is 48.5 Å². The number of carbonyl (C=O) groups excluding carboxylic acids is 4. The molecule has 0 bridgehead atoms. The minimum Gasteiger partial charge on any atom is -0.462 e. The summed E-state index contributed by atoms with van der Waals surface area (Å²) in [6.45, 7) is 12.0. The molecule has 3 N–H and O–H groups in total. The van der Waals surface area contributed by atoms with E-state index in [0.717, 1.165) is 108 Å². The van der Waals surface area contributed by atoms with Crippen molar-refractivity contribution in [1.82, 2.24) is 0 Å². The van der Waals surface area contributed by atoms with Gasteiger partial charge in [-0.3, -0.25) is 37.3 Å².